The molecule has 4 nitrogen and oxygen atoms in total. The zero-order chi connectivity index (χ0) is 13.1. The van der Waals surface area contributed by atoms with Crippen LogP contribution in [0, 0.1) is 13.8 Å². The Labute approximate surface area is 109 Å². The third-order valence-corrected chi connectivity index (χ3v) is 3.56. The van der Waals surface area contributed by atoms with Gasteiger partial charge in [-0.1, -0.05) is 23.5 Å². The molecule has 0 radical (unpaired) electrons. The average Bonchev–Trinajstić information content (AvgIpc) is 2.62. The van der Waals surface area contributed by atoms with Gasteiger partial charge in [0.1, 0.15) is 5.75 Å². The lowest BCUT2D eigenvalue weighted by atomic mass is 10.1. The van der Waals surface area contributed by atoms with Crippen LogP contribution in [-0.4, -0.2) is 16.7 Å². The summed E-state index contributed by atoms with van der Waals surface area (Å²) in [6.45, 7) is 4.43. The maximum Gasteiger partial charge on any atom is 0.307 e. The predicted molar refractivity (Wildman–Crippen MR) is 71.7 cm³/mol. The van der Waals surface area contributed by atoms with Crippen molar-refractivity contribution < 1.29 is 9.84 Å². The number of H-pyrrole nitrogens is 1. The van der Waals surface area contributed by atoms with E-state index in [0.717, 1.165) is 28.2 Å². The summed E-state index contributed by atoms with van der Waals surface area (Å²) >= 11 is 1.02. The molecule has 0 aliphatic carbocycles. The van der Waals surface area contributed by atoms with Crippen molar-refractivity contribution in [3.8, 4) is 11.6 Å². The van der Waals surface area contributed by atoms with E-state index in [9.17, 15) is 9.90 Å². The minimum atomic E-state index is -0.241. The van der Waals surface area contributed by atoms with Gasteiger partial charge in [-0.2, -0.15) is 0 Å². The van der Waals surface area contributed by atoms with E-state index in [1.54, 1.807) is 0 Å². The Morgan fingerprint density at radius 2 is 2.17 bits per heavy atom. The molecule has 2 aromatic rings. The number of aromatic amines is 1. The van der Waals surface area contributed by atoms with Crippen LogP contribution in [0.5, 0.6) is 11.6 Å². The van der Waals surface area contributed by atoms with Crippen molar-refractivity contribution in [2.45, 2.75) is 20.3 Å². The molecule has 2 N–H and O–H groups in total. The zero-order valence-electron chi connectivity index (χ0n) is 10.3. The van der Waals surface area contributed by atoms with Gasteiger partial charge in [0.25, 0.3) is 0 Å². The Morgan fingerprint density at radius 3 is 2.83 bits per heavy atom. The van der Waals surface area contributed by atoms with E-state index in [1.165, 1.54) is 0 Å². The maximum atomic E-state index is 11.0. The second-order valence-corrected chi connectivity index (χ2v) is 5.22. The Bertz CT molecular complexity index is 601. The Balaban J connectivity index is 1.98. The number of thiazole rings is 1. The highest BCUT2D eigenvalue weighted by Gasteiger charge is 2.07. The molecule has 0 atom stereocenters. The number of nitrogens with one attached hydrogen (secondary N) is 1. The van der Waals surface area contributed by atoms with E-state index >= 15 is 0 Å². The molecular weight excluding hydrogens is 250 g/mol. The molecule has 1 aromatic carbocycles. The van der Waals surface area contributed by atoms with Gasteiger partial charge in [0.15, 0.2) is 0 Å². The predicted octanol–water partition coefficient (Wildman–Crippen LogP) is 2.38. The van der Waals surface area contributed by atoms with Gasteiger partial charge in [-0.05, 0) is 31.0 Å². The number of aryl methyl sites for hydroxylation is 2. The fraction of sp³-hybridized carbons (Fsp3) is 0.308. The SMILES string of the molecule is Cc1ccc(C)c(OCCc2sc(=O)[nH]c2O)c1. The summed E-state index contributed by atoms with van der Waals surface area (Å²) in [7, 11) is 0. The fourth-order valence-electron chi connectivity index (χ4n) is 1.64. The van der Waals surface area contributed by atoms with Crippen molar-refractivity contribution in [3.63, 3.8) is 0 Å². The van der Waals surface area contributed by atoms with E-state index in [2.05, 4.69) is 4.98 Å². The van der Waals surface area contributed by atoms with Gasteiger partial charge >= 0.3 is 4.87 Å². The number of hydrogen-bond donors (Lipinski definition) is 2. The van der Waals surface area contributed by atoms with Crippen LogP contribution < -0.4 is 9.61 Å². The summed E-state index contributed by atoms with van der Waals surface area (Å²) in [6, 6.07) is 6.03. The summed E-state index contributed by atoms with van der Waals surface area (Å²) in [6.07, 6.45) is 0.516. The summed E-state index contributed by atoms with van der Waals surface area (Å²) < 4.78 is 5.67. The van der Waals surface area contributed by atoms with Gasteiger partial charge in [0.05, 0.1) is 11.5 Å². The van der Waals surface area contributed by atoms with E-state index < -0.39 is 0 Å². The Hall–Kier alpha value is -1.75. The summed E-state index contributed by atoms with van der Waals surface area (Å²) in [5, 5.41) is 9.43. The highest BCUT2D eigenvalue weighted by atomic mass is 32.1. The van der Waals surface area contributed by atoms with Crippen LogP contribution in [0.2, 0.25) is 0 Å². The first-order chi connectivity index (χ1) is 8.56. The van der Waals surface area contributed by atoms with Crippen LogP contribution in [0.1, 0.15) is 16.0 Å². The van der Waals surface area contributed by atoms with E-state index in [1.807, 2.05) is 32.0 Å². The topological polar surface area (TPSA) is 62.3 Å². The van der Waals surface area contributed by atoms with Gasteiger partial charge in [-0.3, -0.25) is 9.78 Å². The molecule has 0 saturated carbocycles. The number of benzene rings is 1. The van der Waals surface area contributed by atoms with Gasteiger partial charge in [-0.15, -0.1) is 0 Å². The first-order valence-electron chi connectivity index (χ1n) is 5.67. The molecule has 96 valence electrons. The molecule has 0 aliphatic rings. The molecule has 2 rings (SSSR count). The Morgan fingerprint density at radius 1 is 1.39 bits per heavy atom. The minimum absolute atomic E-state index is 0.0467. The molecule has 5 heteroatoms. The molecule has 0 saturated heterocycles. The van der Waals surface area contributed by atoms with E-state index in [-0.39, 0.29) is 10.8 Å². The van der Waals surface area contributed by atoms with Crippen LogP contribution in [0.25, 0.3) is 0 Å². The molecule has 0 aliphatic heterocycles. The van der Waals surface area contributed by atoms with Crippen LogP contribution in [0.3, 0.4) is 0 Å². The van der Waals surface area contributed by atoms with Crippen LogP contribution in [-0.2, 0) is 6.42 Å². The largest absolute Gasteiger partial charge is 0.494 e. The smallest absolute Gasteiger partial charge is 0.307 e. The standard InChI is InChI=1S/C13H15NO3S/c1-8-3-4-9(2)10(7-8)17-6-5-11-12(15)14-13(16)18-11/h3-4,7,15H,5-6H2,1-2H3,(H,14,16). The quantitative estimate of drug-likeness (QED) is 0.892. The lowest BCUT2D eigenvalue weighted by Gasteiger charge is -2.09. The van der Waals surface area contributed by atoms with Gasteiger partial charge in [-0.25, -0.2) is 0 Å². The molecule has 0 fully saturated rings. The summed E-state index contributed by atoms with van der Waals surface area (Å²) in [4.78, 5) is 13.7. The van der Waals surface area contributed by atoms with Crippen molar-refractivity contribution in [2.75, 3.05) is 6.61 Å². The zero-order valence-corrected chi connectivity index (χ0v) is 11.1. The van der Waals surface area contributed by atoms with Crippen molar-refractivity contribution in [1.29, 1.82) is 0 Å². The molecule has 0 bridgehead atoms. The monoisotopic (exact) mass is 265 g/mol. The number of ether oxygens (including phenoxy) is 1. The number of aromatic nitrogens is 1. The van der Waals surface area contributed by atoms with Gasteiger partial charge < -0.3 is 9.84 Å². The van der Waals surface area contributed by atoms with Crippen LogP contribution in [0.4, 0.5) is 0 Å². The van der Waals surface area contributed by atoms with E-state index in [4.69, 9.17) is 4.74 Å². The second-order valence-electron chi connectivity index (χ2n) is 4.15. The highest BCUT2D eigenvalue weighted by Crippen LogP contribution is 2.21. The van der Waals surface area contributed by atoms with E-state index in [0.29, 0.717) is 17.9 Å². The molecule has 0 spiro atoms. The number of aromatic hydroxyl groups is 1. The average molecular weight is 265 g/mol. The first kappa shape index (κ1) is 12.7. The summed E-state index contributed by atoms with van der Waals surface area (Å²) in [5.74, 6) is 0.798. The minimum Gasteiger partial charge on any atom is -0.494 e. The lowest BCUT2D eigenvalue weighted by Crippen LogP contribution is -2.01. The van der Waals surface area contributed by atoms with Crippen LogP contribution in [0.15, 0.2) is 23.0 Å². The Kier molecular flexibility index (Phi) is 3.72. The summed E-state index contributed by atoms with van der Waals surface area (Å²) in [5.41, 5.74) is 2.22. The highest BCUT2D eigenvalue weighted by molar-refractivity contribution is 7.09. The van der Waals surface area contributed by atoms with Crippen molar-refractivity contribution >= 4 is 11.3 Å². The molecule has 18 heavy (non-hydrogen) atoms. The lowest BCUT2D eigenvalue weighted by molar-refractivity contribution is 0.318. The molecular formula is C13H15NO3S. The maximum absolute atomic E-state index is 11.0. The van der Waals surface area contributed by atoms with Gasteiger partial charge in [0, 0.05) is 6.42 Å². The first-order valence-corrected chi connectivity index (χ1v) is 6.49. The normalized spacial score (nSPS) is 10.6. The van der Waals surface area contributed by atoms with Crippen molar-refractivity contribution in [3.05, 3.63) is 43.9 Å². The third-order valence-electron chi connectivity index (χ3n) is 2.63. The number of hydrogen-bond acceptors (Lipinski definition) is 4. The third kappa shape index (κ3) is 2.92. The number of rotatable bonds is 4. The van der Waals surface area contributed by atoms with Crippen LogP contribution >= 0.6 is 11.3 Å². The van der Waals surface area contributed by atoms with Crippen molar-refractivity contribution in [1.82, 2.24) is 4.98 Å². The molecule has 0 amide bonds. The van der Waals surface area contributed by atoms with Crippen molar-refractivity contribution in [2.24, 2.45) is 0 Å². The fourth-order valence-corrected chi connectivity index (χ4v) is 2.34. The molecule has 1 heterocycles. The molecule has 0 unspecified atom stereocenters. The van der Waals surface area contributed by atoms with Gasteiger partial charge in [0.2, 0.25) is 5.88 Å². The second kappa shape index (κ2) is 5.27. The molecule has 1 aromatic heterocycles.